The lowest BCUT2D eigenvalue weighted by Crippen LogP contribution is -2.07. The van der Waals surface area contributed by atoms with Crippen LogP contribution < -0.4 is 0 Å². The van der Waals surface area contributed by atoms with E-state index >= 15 is 0 Å². The molecule has 6 heteroatoms. The van der Waals surface area contributed by atoms with E-state index in [1.807, 2.05) is 28.9 Å². The Morgan fingerprint density at radius 2 is 1.86 bits per heavy atom. The van der Waals surface area contributed by atoms with E-state index < -0.39 is 5.97 Å². The molecule has 0 fully saturated rings. The molecule has 2 heterocycles. The number of hydrogen-bond acceptors (Lipinski definition) is 4. The van der Waals surface area contributed by atoms with Crippen molar-refractivity contribution in [1.82, 2.24) is 19.7 Å². The number of hydrogen-bond donors (Lipinski definition) is 1. The standard InChI is InChI=1S/C22H26N4O2/c1-3-5-9-20-24-19(7-4-2)25-26(20)15-16-10-12-17(13-11-16)18-8-6-14-23-21(18)22(27)28/h6,8,10-14H,3-5,7,9,15H2,1-2H3,(H,27,28). The number of aryl methyl sites for hydroxylation is 2. The van der Waals surface area contributed by atoms with E-state index in [-0.39, 0.29) is 5.69 Å². The maximum absolute atomic E-state index is 11.4. The van der Waals surface area contributed by atoms with Crippen LogP contribution >= 0.6 is 0 Å². The lowest BCUT2D eigenvalue weighted by molar-refractivity contribution is 0.0691. The second kappa shape index (κ2) is 9.26. The molecule has 3 rings (SSSR count). The van der Waals surface area contributed by atoms with Gasteiger partial charge in [-0.15, -0.1) is 0 Å². The molecule has 28 heavy (non-hydrogen) atoms. The van der Waals surface area contributed by atoms with Crippen LogP contribution in [0.25, 0.3) is 11.1 Å². The normalized spacial score (nSPS) is 10.9. The van der Waals surface area contributed by atoms with Gasteiger partial charge in [-0.05, 0) is 30.0 Å². The Bertz CT molecular complexity index is 932. The van der Waals surface area contributed by atoms with Crippen LogP contribution in [0.5, 0.6) is 0 Å². The Morgan fingerprint density at radius 3 is 2.54 bits per heavy atom. The van der Waals surface area contributed by atoms with Gasteiger partial charge < -0.3 is 5.11 Å². The quantitative estimate of drug-likeness (QED) is 0.597. The van der Waals surface area contributed by atoms with E-state index in [2.05, 4.69) is 23.9 Å². The second-order valence-corrected chi connectivity index (χ2v) is 6.86. The lowest BCUT2D eigenvalue weighted by Gasteiger charge is -2.08. The highest BCUT2D eigenvalue weighted by Gasteiger charge is 2.13. The van der Waals surface area contributed by atoms with Crippen molar-refractivity contribution in [2.75, 3.05) is 0 Å². The Kier molecular flexibility index (Phi) is 6.53. The fourth-order valence-electron chi connectivity index (χ4n) is 3.17. The average molecular weight is 378 g/mol. The van der Waals surface area contributed by atoms with Gasteiger partial charge in [0.05, 0.1) is 6.54 Å². The number of carboxylic acid groups (broad SMARTS) is 1. The minimum atomic E-state index is -1.02. The first-order chi connectivity index (χ1) is 13.6. The third kappa shape index (κ3) is 4.63. The number of rotatable bonds is 9. The lowest BCUT2D eigenvalue weighted by atomic mass is 10.0. The number of unbranched alkanes of at least 4 members (excludes halogenated alkanes) is 1. The molecule has 0 spiro atoms. The van der Waals surface area contributed by atoms with E-state index in [9.17, 15) is 9.90 Å². The van der Waals surface area contributed by atoms with Gasteiger partial charge >= 0.3 is 5.97 Å². The third-order valence-corrected chi connectivity index (χ3v) is 4.63. The molecular weight excluding hydrogens is 352 g/mol. The molecular formula is C22H26N4O2. The molecule has 0 aliphatic heterocycles. The summed E-state index contributed by atoms with van der Waals surface area (Å²) in [4.78, 5) is 20.1. The summed E-state index contributed by atoms with van der Waals surface area (Å²) in [5, 5.41) is 14.0. The summed E-state index contributed by atoms with van der Waals surface area (Å²) in [6, 6.07) is 11.4. The maximum atomic E-state index is 11.4. The van der Waals surface area contributed by atoms with Crippen molar-refractivity contribution in [3.05, 3.63) is 65.5 Å². The van der Waals surface area contributed by atoms with Crippen LogP contribution in [0.4, 0.5) is 0 Å². The highest BCUT2D eigenvalue weighted by molar-refractivity contribution is 5.93. The first-order valence-corrected chi connectivity index (χ1v) is 9.82. The van der Waals surface area contributed by atoms with Crippen molar-refractivity contribution in [3.8, 4) is 11.1 Å². The van der Waals surface area contributed by atoms with Gasteiger partial charge in [0.25, 0.3) is 0 Å². The van der Waals surface area contributed by atoms with Crippen molar-refractivity contribution < 1.29 is 9.90 Å². The fourth-order valence-corrected chi connectivity index (χ4v) is 3.17. The van der Waals surface area contributed by atoms with E-state index in [0.29, 0.717) is 12.1 Å². The van der Waals surface area contributed by atoms with Crippen molar-refractivity contribution in [2.24, 2.45) is 0 Å². The Balaban J connectivity index is 1.82. The van der Waals surface area contributed by atoms with Crippen LogP contribution in [-0.4, -0.2) is 30.8 Å². The summed E-state index contributed by atoms with van der Waals surface area (Å²) in [5.74, 6) is 0.924. The Morgan fingerprint density at radius 1 is 1.07 bits per heavy atom. The number of carboxylic acids is 1. The third-order valence-electron chi connectivity index (χ3n) is 4.63. The first-order valence-electron chi connectivity index (χ1n) is 9.82. The zero-order valence-electron chi connectivity index (χ0n) is 16.4. The van der Waals surface area contributed by atoms with Gasteiger partial charge in [-0.1, -0.05) is 50.6 Å². The zero-order valence-corrected chi connectivity index (χ0v) is 16.4. The van der Waals surface area contributed by atoms with E-state index in [0.717, 1.165) is 54.9 Å². The number of aromatic carboxylic acids is 1. The van der Waals surface area contributed by atoms with Crippen molar-refractivity contribution in [1.29, 1.82) is 0 Å². The molecule has 3 aromatic rings. The average Bonchev–Trinajstić information content (AvgIpc) is 3.08. The van der Waals surface area contributed by atoms with Gasteiger partial charge in [0.1, 0.15) is 5.82 Å². The summed E-state index contributed by atoms with van der Waals surface area (Å²) >= 11 is 0. The van der Waals surface area contributed by atoms with Gasteiger partial charge in [0, 0.05) is 24.6 Å². The van der Waals surface area contributed by atoms with E-state index in [1.165, 1.54) is 6.20 Å². The SMILES string of the molecule is CCCCc1nc(CCC)nn1Cc1ccc(-c2cccnc2C(=O)O)cc1. The molecule has 0 amide bonds. The predicted octanol–water partition coefficient (Wildman–Crippen LogP) is 4.38. The molecule has 1 N–H and O–H groups in total. The molecule has 0 aliphatic rings. The predicted molar refractivity (Wildman–Crippen MR) is 108 cm³/mol. The molecule has 0 saturated heterocycles. The number of aromatic nitrogens is 4. The fraction of sp³-hybridized carbons (Fsp3) is 0.364. The first kappa shape index (κ1) is 19.7. The number of benzene rings is 1. The highest BCUT2D eigenvalue weighted by Crippen LogP contribution is 2.23. The van der Waals surface area contributed by atoms with Crippen LogP contribution in [0, 0.1) is 0 Å². The van der Waals surface area contributed by atoms with Crippen molar-refractivity contribution in [3.63, 3.8) is 0 Å². The summed E-state index contributed by atoms with van der Waals surface area (Å²) in [6.45, 7) is 4.97. The van der Waals surface area contributed by atoms with Crippen LogP contribution in [-0.2, 0) is 19.4 Å². The maximum Gasteiger partial charge on any atom is 0.355 e. The van der Waals surface area contributed by atoms with E-state index in [4.69, 9.17) is 4.98 Å². The smallest absolute Gasteiger partial charge is 0.355 e. The molecule has 2 aromatic heterocycles. The van der Waals surface area contributed by atoms with Gasteiger partial charge in [-0.2, -0.15) is 5.10 Å². The summed E-state index contributed by atoms with van der Waals surface area (Å²) < 4.78 is 2.00. The zero-order chi connectivity index (χ0) is 19.9. The molecule has 146 valence electrons. The van der Waals surface area contributed by atoms with E-state index in [1.54, 1.807) is 12.1 Å². The topological polar surface area (TPSA) is 80.9 Å². The molecule has 0 unspecified atom stereocenters. The molecule has 0 aliphatic carbocycles. The number of carbonyl (C=O) groups is 1. The molecule has 0 radical (unpaired) electrons. The van der Waals surface area contributed by atoms with Crippen LogP contribution in [0.2, 0.25) is 0 Å². The monoisotopic (exact) mass is 378 g/mol. The molecule has 0 saturated carbocycles. The Labute approximate surface area is 165 Å². The largest absolute Gasteiger partial charge is 0.476 e. The van der Waals surface area contributed by atoms with Crippen molar-refractivity contribution >= 4 is 5.97 Å². The summed E-state index contributed by atoms with van der Waals surface area (Å²) in [6.07, 6.45) is 6.58. The highest BCUT2D eigenvalue weighted by atomic mass is 16.4. The number of pyridine rings is 1. The van der Waals surface area contributed by atoms with Crippen LogP contribution in [0.3, 0.4) is 0 Å². The van der Waals surface area contributed by atoms with Gasteiger partial charge in [0.15, 0.2) is 11.5 Å². The molecule has 0 atom stereocenters. The van der Waals surface area contributed by atoms with Crippen LogP contribution in [0.15, 0.2) is 42.6 Å². The van der Waals surface area contributed by atoms with Gasteiger partial charge in [0.2, 0.25) is 0 Å². The minimum absolute atomic E-state index is 0.0672. The van der Waals surface area contributed by atoms with Gasteiger partial charge in [-0.3, -0.25) is 0 Å². The summed E-state index contributed by atoms with van der Waals surface area (Å²) in [7, 11) is 0. The van der Waals surface area contributed by atoms with Crippen molar-refractivity contribution in [2.45, 2.75) is 52.5 Å². The number of nitrogens with zero attached hydrogens (tertiary/aromatic N) is 4. The molecule has 6 nitrogen and oxygen atoms in total. The minimum Gasteiger partial charge on any atom is -0.476 e. The molecule has 0 bridgehead atoms. The van der Waals surface area contributed by atoms with Crippen LogP contribution in [0.1, 0.15) is 60.8 Å². The molecule has 1 aromatic carbocycles. The second-order valence-electron chi connectivity index (χ2n) is 6.86. The Hall–Kier alpha value is -3.02. The summed E-state index contributed by atoms with van der Waals surface area (Å²) in [5.41, 5.74) is 2.63. The van der Waals surface area contributed by atoms with Gasteiger partial charge in [-0.25, -0.2) is 19.4 Å².